The lowest BCUT2D eigenvalue weighted by atomic mass is 9.79. The summed E-state index contributed by atoms with van der Waals surface area (Å²) in [6.45, 7) is 8.86. The number of ether oxygens (including phenoxy) is 1. The molecule has 5 aromatic rings. The summed E-state index contributed by atoms with van der Waals surface area (Å²) in [4.78, 5) is 62.3. The van der Waals surface area contributed by atoms with E-state index in [2.05, 4.69) is 36.5 Å². The van der Waals surface area contributed by atoms with Gasteiger partial charge in [0.15, 0.2) is 14.1 Å². The number of amides is 2. The van der Waals surface area contributed by atoms with Crippen molar-refractivity contribution in [2.75, 3.05) is 6.61 Å². The van der Waals surface area contributed by atoms with Gasteiger partial charge in [-0.2, -0.15) is 0 Å². The molecule has 0 aliphatic carbocycles. The van der Waals surface area contributed by atoms with Crippen LogP contribution in [-0.4, -0.2) is 65.9 Å². The number of hydrogen-bond donors (Lipinski definition) is 1. The molecule has 0 unspecified atom stereocenters. The number of Topliss-reactive ketones (excluding diaryl/α,β-unsaturated/α-hetero) is 1. The zero-order chi connectivity index (χ0) is 40.6. The van der Waals surface area contributed by atoms with Gasteiger partial charge in [0.25, 0.3) is 5.91 Å². The Balaban J connectivity index is 1.48. The van der Waals surface area contributed by atoms with Crippen molar-refractivity contribution < 1.29 is 28.3 Å². The van der Waals surface area contributed by atoms with Crippen LogP contribution in [0.2, 0.25) is 19.6 Å². The minimum absolute atomic E-state index is 0.0660. The first-order valence-electron chi connectivity index (χ1n) is 19.0. The number of aromatic nitrogens is 1. The number of likely N-dealkylation sites (tertiary alicyclic amines) is 1. The maximum Gasteiger partial charge on any atom is 0.356 e. The lowest BCUT2D eigenvalue weighted by Gasteiger charge is -2.52. The third-order valence-electron chi connectivity index (χ3n) is 9.85. The van der Waals surface area contributed by atoms with Crippen LogP contribution >= 0.6 is 6.89 Å². The van der Waals surface area contributed by atoms with E-state index in [0.29, 0.717) is 11.1 Å². The minimum atomic E-state index is -3.18. The molecule has 9 nitrogen and oxygen atoms in total. The van der Waals surface area contributed by atoms with Crippen LogP contribution < -0.4 is 21.2 Å². The molecule has 0 bridgehead atoms. The summed E-state index contributed by atoms with van der Waals surface area (Å²) in [5.41, 5.74) is 1.91. The fraction of sp³-hybridized carbons (Fsp3) is 0.217. The van der Waals surface area contributed by atoms with E-state index in [4.69, 9.17) is 9.16 Å². The molecule has 0 saturated carbocycles. The Morgan fingerprint density at radius 1 is 0.825 bits per heavy atom. The molecule has 1 aliphatic rings. The van der Waals surface area contributed by atoms with Gasteiger partial charge >= 0.3 is 5.97 Å². The van der Waals surface area contributed by atoms with Crippen molar-refractivity contribution in [1.29, 1.82) is 0 Å². The van der Waals surface area contributed by atoms with E-state index in [1.807, 2.05) is 97.9 Å². The SMILES string of the molecule is C=CCOC(=O)C(N1C(=O)[C@H]([C@@H](C)O[Si](C)(C)C)[C@H]1CC(=O)c1ccc(CNC(=O)c2cccnc2)cc1)=P(c1ccccc1)(c1ccccc1)c1ccccc1. The van der Waals surface area contributed by atoms with E-state index in [-0.39, 0.29) is 42.6 Å². The lowest BCUT2D eigenvalue weighted by molar-refractivity contribution is -0.156. The van der Waals surface area contributed by atoms with E-state index >= 15 is 0 Å². The van der Waals surface area contributed by atoms with Crippen molar-refractivity contribution in [2.45, 2.75) is 51.7 Å². The Hall–Kier alpha value is -5.67. The average Bonchev–Trinajstić information content (AvgIpc) is 3.22. The molecule has 4 aromatic carbocycles. The maximum atomic E-state index is 14.9. The van der Waals surface area contributed by atoms with Crippen LogP contribution in [0.5, 0.6) is 0 Å². The molecule has 0 spiro atoms. The molecule has 1 saturated heterocycles. The maximum absolute atomic E-state index is 14.9. The summed E-state index contributed by atoms with van der Waals surface area (Å²) in [7, 11) is -2.15. The molecular weight excluding hydrogens is 750 g/mol. The van der Waals surface area contributed by atoms with Crippen LogP contribution in [0.25, 0.3) is 0 Å². The molecule has 0 radical (unpaired) electrons. The van der Waals surface area contributed by atoms with E-state index in [0.717, 1.165) is 21.5 Å². The molecule has 1 N–H and O–H groups in total. The van der Waals surface area contributed by atoms with Gasteiger partial charge in [0.1, 0.15) is 12.0 Å². The monoisotopic (exact) mass is 797 g/mol. The molecule has 57 heavy (non-hydrogen) atoms. The molecule has 6 rings (SSSR count). The fourth-order valence-corrected chi connectivity index (χ4v) is 13.1. The number of carbonyl (C=O) groups excluding carboxylic acids is 4. The minimum Gasteiger partial charge on any atom is -0.457 e. The molecule has 2 amide bonds. The highest BCUT2D eigenvalue weighted by molar-refractivity contribution is 7.96. The molecule has 11 heteroatoms. The van der Waals surface area contributed by atoms with E-state index < -0.39 is 39.2 Å². The largest absolute Gasteiger partial charge is 0.457 e. The predicted molar refractivity (Wildman–Crippen MR) is 230 cm³/mol. The molecular formula is C46H48N3O6PSi. The molecule has 1 aromatic heterocycles. The zero-order valence-electron chi connectivity index (χ0n) is 32.7. The number of nitrogens with zero attached hydrogens (tertiary/aromatic N) is 2. The summed E-state index contributed by atoms with van der Waals surface area (Å²) >= 11 is 0. The number of ketones is 1. The van der Waals surface area contributed by atoms with Crippen molar-refractivity contribution in [1.82, 2.24) is 15.2 Å². The van der Waals surface area contributed by atoms with Gasteiger partial charge in [-0.1, -0.05) is 128 Å². The highest BCUT2D eigenvalue weighted by Gasteiger charge is 2.56. The fourth-order valence-electron chi connectivity index (χ4n) is 7.45. The third-order valence-corrected chi connectivity index (χ3v) is 15.2. The zero-order valence-corrected chi connectivity index (χ0v) is 34.6. The topological polar surface area (TPSA) is 115 Å². The number of hydrogen-bond acceptors (Lipinski definition) is 7. The van der Waals surface area contributed by atoms with Crippen LogP contribution in [0, 0.1) is 5.92 Å². The Morgan fingerprint density at radius 2 is 1.39 bits per heavy atom. The van der Waals surface area contributed by atoms with Gasteiger partial charge in [0.05, 0.1) is 23.6 Å². The van der Waals surface area contributed by atoms with Crippen LogP contribution in [0.4, 0.5) is 0 Å². The highest BCUT2D eigenvalue weighted by atomic mass is 31.2. The smallest absolute Gasteiger partial charge is 0.356 e. The summed E-state index contributed by atoms with van der Waals surface area (Å²) in [5.74, 6) is -2.10. The number of carbonyl (C=O) groups is 4. The van der Waals surface area contributed by atoms with Gasteiger partial charge in [-0.05, 0) is 60.2 Å². The highest BCUT2D eigenvalue weighted by Crippen LogP contribution is 2.50. The van der Waals surface area contributed by atoms with Gasteiger partial charge in [0.2, 0.25) is 5.91 Å². The summed E-state index contributed by atoms with van der Waals surface area (Å²) in [5, 5.41) is 5.45. The molecule has 1 fully saturated rings. The Morgan fingerprint density at radius 3 is 1.88 bits per heavy atom. The molecule has 1 aliphatic heterocycles. The van der Waals surface area contributed by atoms with E-state index in [1.165, 1.54) is 12.3 Å². The Labute approximate surface area is 335 Å². The van der Waals surface area contributed by atoms with E-state index in [9.17, 15) is 19.2 Å². The average molecular weight is 798 g/mol. The molecule has 3 atom stereocenters. The van der Waals surface area contributed by atoms with Gasteiger partial charge in [-0.15, -0.1) is 0 Å². The normalized spacial score (nSPS) is 15.9. The van der Waals surface area contributed by atoms with Crippen molar-refractivity contribution in [3.8, 4) is 0 Å². The Kier molecular flexibility index (Phi) is 13.0. The van der Waals surface area contributed by atoms with Gasteiger partial charge in [0, 0.05) is 37.8 Å². The van der Waals surface area contributed by atoms with Crippen LogP contribution in [-0.2, 0) is 25.3 Å². The second kappa shape index (κ2) is 18.1. The van der Waals surface area contributed by atoms with E-state index in [1.54, 1.807) is 47.5 Å². The quantitative estimate of drug-likeness (QED) is 0.0303. The lowest BCUT2D eigenvalue weighted by Crippen LogP contribution is -2.69. The number of benzene rings is 4. The van der Waals surface area contributed by atoms with Gasteiger partial charge < -0.3 is 19.4 Å². The predicted octanol–water partition coefficient (Wildman–Crippen LogP) is 6.50. The Bertz CT molecular complexity index is 2160. The number of pyridine rings is 1. The standard InChI is InChI=1S/C46H48N3O6PSi/c1-6-29-54-46(53)45(56(37-18-10-7-11-19-37,38-20-12-8-13-21-38)39-22-14-9-15-23-39)49-40(42(44(49)52)33(2)55-57(3,4)5)30-41(50)35-26-24-34(25-27-35)31-48-43(51)36-17-16-28-47-32-36/h6-28,32-33,40,42H,1,29-31H2,2-5H3,(H,48,51)/t33-,40-,42-/m1/s1. The first-order chi connectivity index (χ1) is 27.5. The number of rotatable bonds is 16. The summed E-state index contributed by atoms with van der Waals surface area (Å²) < 4.78 is 12.5. The number of β-lactam (4-membered cyclic amide) rings is 1. The molecule has 2 heterocycles. The third kappa shape index (κ3) is 8.99. The summed E-state index contributed by atoms with van der Waals surface area (Å²) in [6, 6.07) is 39.1. The van der Waals surface area contributed by atoms with Crippen LogP contribution in [0.1, 0.15) is 39.6 Å². The van der Waals surface area contributed by atoms with Crippen molar-refractivity contribution >= 4 is 60.1 Å². The van der Waals surface area contributed by atoms with Crippen molar-refractivity contribution in [3.05, 3.63) is 169 Å². The van der Waals surface area contributed by atoms with Crippen LogP contribution in [0.15, 0.2) is 152 Å². The van der Waals surface area contributed by atoms with Crippen molar-refractivity contribution in [2.24, 2.45) is 5.92 Å². The summed E-state index contributed by atoms with van der Waals surface area (Å²) in [6.07, 6.45) is 4.02. The second-order valence-electron chi connectivity index (χ2n) is 14.9. The second-order valence-corrected chi connectivity index (χ2v) is 22.6. The first-order valence-corrected chi connectivity index (χ1v) is 24.2. The first kappa shape index (κ1) is 41.0. The number of esters is 1. The molecule has 292 valence electrons. The van der Waals surface area contributed by atoms with Crippen LogP contribution in [0.3, 0.4) is 0 Å². The van der Waals surface area contributed by atoms with Crippen molar-refractivity contribution in [3.63, 3.8) is 0 Å². The van der Waals surface area contributed by atoms with Gasteiger partial charge in [-0.25, -0.2) is 4.79 Å². The van der Waals surface area contributed by atoms with Gasteiger partial charge in [-0.3, -0.25) is 19.4 Å². The number of nitrogens with one attached hydrogen (secondary N) is 1.